The number of aliphatic imine (C=N–C) groups is 1. The van der Waals surface area contributed by atoms with Crippen molar-refractivity contribution >= 4 is 29.4 Å². The van der Waals surface area contributed by atoms with Crippen LogP contribution >= 0.6 is 11.6 Å². The summed E-state index contributed by atoms with van der Waals surface area (Å²) in [6.07, 6.45) is 1.56. The third kappa shape index (κ3) is 2.37. The molecule has 9 heteroatoms. The van der Waals surface area contributed by atoms with Gasteiger partial charge in [-0.3, -0.25) is 9.36 Å². The molecule has 1 aromatic heterocycles. The number of aromatic nitrogens is 2. The van der Waals surface area contributed by atoms with Gasteiger partial charge < -0.3 is 14.7 Å². The summed E-state index contributed by atoms with van der Waals surface area (Å²) in [5, 5.41) is 9.43. The van der Waals surface area contributed by atoms with E-state index in [9.17, 15) is 9.59 Å². The highest BCUT2D eigenvalue weighted by Crippen LogP contribution is 2.30. The number of aliphatic carboxylic acids is 1. The number of carboxylic acids is 1. The molecule has 1 amide bonds. The van der Waals surface area contributed by atoms with Gasteiger partial charge in [-0.15, -0.1) is 0 Å². The number of nitrogens with zero attached hydrogens (tertiary/aromatic N) is 4. The van der Waals surface area contributed by atoms with Gasteiger partial charge in [0.15, 0.2) is 6.04 Å². The maximum absolute atomic E-state index is 12.7. The number of hydrogen-bond acceptors (Lipinski definition) is 5. The lowest BCUT2D eigenvalue weighted by molar-refractivity contribution is -0.138. The average Bonchev–Trinajstić information content (AvgIpc) is 3.18. The Morgan fingerprint density at radius 1 is 1.44 bits per heavy atom. The molecule has 128 valence electrons. The van der Waals surface area contributed by atoms with Gasteiger partial charge in [0.2, 0.25) is 5.90 Å². The SMILES string of the molecule is CN1Cc2c(C3=N[C@H](C(=O)O)CO3)ncn2-c2cccc(Cl)c2C1=O. The molecular weight excluding hydrogens is 348 g/mol. The summed E-state index contributed by atoms with van der Waals surface area (Å²) in [6.45, 7) is 0.230. The van der Waals surface area contributed by atoms with Crippen LogP contribution in [0.4, 0.5) is 0 Å². The highest BCUT2D eigenvalue weighted by atomic mass is 35.5. The Balaban J connectivity index is 1.88. The van der Waals surface area contributed by atoms with Gasteiger partial charge in [-0.25, -0.2) is 14.8 Å². The van der Waals surface area contributed by atoms with Crippen molar-refractivity contribution in [3.05, 3.63) is 46.5 Å². The number of rotatable bonds is 2. The van der Waals surface area contributed by atoms with E-state index in [1.165, 1.54) is 4.90 Å². The van der Waals surface area contributed by atoms with E-state index in [4.69, 9.17) is 21.4 Å². The minimum absolute atomic E-state index is 0.0336. The predicted molar refractivity (Wildman–Crippen MR) is 88.3 cm³/mol. The van der Waals surface area contributed by atoms with E-state index in [2.05, 4.69) is 9.98 Å². The van der Waals surface area contributed by atoms with Crippen LogP contribution in [0.25, 0.3) is 5.69 Å². The summed E-state index contributed by atoms with van der Waals surface area (Å²) in [5.74, 6) is -1.08. The van der Waals surface area contributed by atoms with Crippen molar-refractivity contribution in [2.75, 3.05) is 13.7 Å². The van der Waals surface area contributed by atoms with Crippen molar-refractivity contribution in [3.8, 4) is 5.69 Å². The first-order valence-electron chi connectivity index (χ1n) is 7.51. The molecule has 0 unspecified atom stereocenters. The molecule has 8 nitrogen and oxygen atoms in total. The van der Waals surface area contributed by atoms with Crippen LogP contribution in [0.3, 0.4) is 0 Å². The highest BCUT2D eigenvalue weighted by Gasteiger charge is 2.33. The largest absolute Gasteiger partial charge is 0.480 e. The monoisotopic (exact) mass is 360 g/mol. The van der Waals surface area contributed by atoms with Gasteiger partial charge in [-0.1, -0.05) is 17.7 Å². The van der Waals surface area contributed by atoms with Crippen molar-refractivity contribution < 1.29 is 19.4 Å². The van der Waals surface area contributed by atoms with Crippen LogP contribution in [0.15, 0.2) is 29.5 Å². The first-order valence-corrected chi connectivity index (χ1v) is 7.89. The summed E-state index contributed by atoms with van der Waals surface area (Å²) < 4.78 is 7.18. The third-order valence-electron chi connectivity index (χ3n) is 4.20. The molecule has 2 aliphatic heterocycles. The molecule has 1 atom stereocenters. The molecular formula is C16H13ClN4O4. The fraction of sp³-hybridized carbons (Fsp3) is 0.250. The number of fused-ring (bicyclic) bond motifs is 3. The van der Waals surface area contributed by atoms with Gasteiger partial charge in [0, 0.05) is 7.05 Å². The van der Waals surface area contributed by atoms with Gasteiger partial charge in [0.1, 0.15) is 18.6 Å². The van der Waals surface area contributed by atoms with E-state index < -0.39 is 12.0 Å². The van der Waals surface area contributed by atoms with Crippen LogP contribution in [0.1, 0.15) is 21.7 Å². The normalized spacial score (nSPS) is 19.0. The topological polar surface area (TPSA) is 97.0 Å². The number of ether oxygens (including phenoxy) is 1. The van der Waals surface area contributed by atoms with Gasteiger partial charge in [-0.05, 0) is 12.1 Å². The Labute approximate surface area is 147 Å². The van der Waals surface area contributed by atoms with E-state index in [0.29, 0.717) is 27.7 Å². The number of carboxylic acid groups (broad SMARTS) is 1. The second-order valence-electron chi connectivity index (χ2n) is 5.80. The Kier molecular flexibility index (Phi) is 3.50. The summed E-state index contributed by atoms with van der Waals surface area (Å²) in [7, 11) is 1.67. The molecule has 4 rings (SSSR count). The van der Waals surface area contributed by atoms with E-state index in [-0.39, 0.29) is 25.0 Å². The molecule has 0 saturated carbocycles. The first-order chi connectivity index (χ1) is 12.0. The summed E-state index contributed by atoms with van der Waals surface area (Å²) in [4.78, 5) is 33.7. The van der Waals surface area contributed by atoms with Gasteiger partial charge >= 0.3 is 5.97 Å². The molecule has 0 radical (unpaired) electrons. The zero-order chi connectivity index (χ0) is 17.7. The quantitative estimate of drug-likeness (QED) is 0.871. The number of amides is 1. The number of hydrogen-bond donors (Lipinski definition) is 1. The number of imidazole rings is 1. The molecule has 3 heterocycles. The molecule has 0 saturated heterocycles. The minimum Gasteiger partial charge on any atom is -0.480 e. The Morgan fingerprint density at radius 3 is 2.96 bits per heavy atom. The molecule has 25 heavy (non-hydrogen) atoms. The number of carbonyl (C=O) groups excluding carboxylic acids is 1. The molecule has 2 aromatic rings. The molecule has 2 aliphatic rings. The lowest BCUT2D eigenvalue weighted by atomic mass is 10.1. The van der Waals surface area contributed by atoms with Crippen molar-refractivity contribution in [2.24, 2.45) is 4.99 Å². The lowest BCUT2D eigenvalue weighted by Gasteiger charge is -2.15. The predicted octanol–water partition coefficient (Wildman–Crippen LogP) is 1.34. The zero-order valence-electron chi connectivity index (χ0n) is 13.1. The molecule has 0 spiro atoms. The Bertz CT molecular complexity index is 936. The Hall–Kier alpha value is -2.87. The third-order valence-corrected chi connectivity index (χ3v) is 4.52. The lowest BCUT2D eigenvalue weighted by Crippen LogP contribution is -2.26. The summed E-state index contributed by atoms with van der Waals surface area (Å²) in [6, 6.07) is 4.26. The molecule has 0 fully saturated rings. The molecule has 0 aliphatic carbocycles. The van der Waals surface area contributed by atoms with Crippen molar-refractivity contribution in [2.45, 2.75) is 12.6 Å². The fourth-order valence-electron chi connectivity index (χ4n) is 2.95. The van der Waals surface area contributed by atoms with Crippen molar-refractivity contribution in [1.29, 1.82) is 0 Å². The van der Waals surface area contributed by atoms with E-state index >= 15 is 0 Å². The van der Waals surface area contributed by atoms with Crippen LogP contribution in [0.2, 0.25) is 5.02 Å². The van der Waals surface area contributed by atoms with Gasteiger partial charge in [0.25, 0.3) is 5.91 Å². The smallest absolute Gasteiger partial charge is 0.332 e. The van der Waals surface area contributed by atoms with Crippen molar-refractivity contribution in [1.82, 2.24) is 14.5 Å². The fourth-order valence-corrected chi connectivity index (χ4v) is 3.20. The van der Waals surface area contributed by atoms with E-state index in [1.807, 2.05) is 0 Å². The molecule has 1 aromatic carbocycles. The van der Waals surface area contributed by atoms with E-state index in [0.717, 1.165) is 0 Å². The zero-order valence-corrected chi connectivity index (χ0v) is 13.9. The van der Waals surface area contributed by atoms with Crippen LogP contribution in [0, 0.1) is 0 Å². The van der Waals surface area contributed by atoms with Crippen LogP contribution < -0.4 is 0 Å². The Morgan fingerprint density at radius 2 is 2.24 bits per heavy atom. The average molecular weight is 361 g/mol. The summed E-state index contributed by atoms with van der Waals surface area (Å²) >= 11 is 6.23. The highest BCUT2D eigenvalue weighted by molar-refractivity contribution is 6.34. The second-order valence-corrected chi connectivity index (χ2v) is 6.21. The summed E-state index contributed by atoms with van der Waals surface area (Å²) in [5.41, 5.74) is 2.12. The minimum atomic E-state index is -1.05. The standard InChI is InChI=1S/C16H13ClN4O4/c1-20-5-11-13(14-19-9(6-25-14)16(23)24)18-7-21(11)10-4-2-3-8(17)12(10)15(20)22/h2-4,7,9H,5-6H2,1H3,(H,23,24)/t9-/m0/s1. The van der Waals surface area contributed by atoms with Crippen LogP contribution in [0.5, 0.6) is 0 Å². The van der Waals surface area contributed by atoms with Crippen LogP contribution in [-0.2, 0) is 16.1 Å². The van der Waals surface area contributed by atoms with Crippen LogP contribution in [-0.4, -0.2) is 57.0 Å². The molecule has 0 bridgehead atoms. The second kappa shape index (κ2) is 5.59. The first kappa shape index (κ1) is 15.6. The maximum atomic E-state index is 12.7. The number of halogens is 1. The van der Waals surface area contributed by atoms with Crippen molar-refractivity contribution in [3.63, 3.8) is 0 Å². The number of carbonyl (C=O) groups is 2. The number of benzene rings is 1. The maximum Gasteiger partial charge on any atom is 0.332 e. The molecule has 1 N–H and O–H groups in total. The van der Waals surface area contributed by atoms with Gasteiger partial charge in [-0.2, -0.15) is 0 Å². The van der Waals surface area contributed by atoms with Gasteiger partial charge in [0.05, 0.1) is 28.5 Å². The van der Waals surface area contributed by atoms with E-state index in [1.54, 1.807) is 36.1 Å².